The number of esters is 2. The van der Waals surface area contributed by atoms with Crippen LogP contribution in [0.4, 0.5) is 5.69 Å². The Labute approximate surface area is 186 Å². The third kappa shape index (κ3) is 3.59. The molecule has 0 unspecified atom stereocenters. The molecule has 9 heteroatoms. The lowest BCUT2D eigenvalue weighted by Crippen LogP contribution is -2.11. The van der Waals surface area contributed by atoms with E-state index in [0.29, 0.717) is 11.1 Å². The number of nitro groups is 1. The highest BCUT2D eigenvalue weighted by Crippen LogP contribution is 2.44. The molecule has 0 amide bonds. The summed E-state index contributed by atoms with van der Waals surface area (Å²) in [5, 5.41) is 12.2. The van der Waals surface area contributed by atoms with Gasteiger partial charge in [-0.3, -0.25) is 19.7 Å². The van der Waals surface area contributed by atoms with Gasteiger partial charge in [0.15, 0.2) is 5.75 Å². The lowest BCUT2D eigenvalue weighted by molar-refractivity contribution is -0.384. The van der Waals surface area contributed by atoms with Crippen molar-refractivity contribution in [3.05, 3.63) is 80.0 Å². The highest BCUT2D eigenvalue weighted by molar-refractivity contribution is 6.04. The predicted molar refractivity (Wildman–Crippen MR) is 119 cm³/mol. The minimum Gasteiger partial charge on any atom is -0.465 e. The topological polar surface area (TPSA) is 126 Å². The fraction of sp³-hybridized carbons (Fsp3) is 0.125. The summed E-state index contributed by atoms with van der Waals surface area (Å²) in [6.07, 6.45) is 0. The zero-order valence-corrected chi connectivity index (χ0v) is 17.8. The zero-order chi connectivity index (χ0) is 23.9. The molecule has 0 spiro atoms. The van der Waals surface area contributed by atoms with Crippen LogP contribution >= 0.6 is 0 Å². The number of fused-ring (bicyclic) bond motifs is 2. The molecule has 0 aliphatic carbocycles. The molecule has 0 atom stereocenters. The fourth-order valence-corrected chi connectivity index (χ4v) is 3.85. The predicted octanol–water partition coefficient (Wildman–Crippen LogP) is 4.54. The lowest BCUT2D eigenvalue weighted by Gasteiger charge is -2.16. The first kappa shape index (κ1) is 21.7. The maximum Gasteiger partial charge on any atom is 0.344 e. The van der Waals surface area contributed by atoms with E-state index < -0.39 is 28.0 Å². The second kappa shape index (κ2) is 8.19. The van der Waals surface area contributed by atoms with Gasteiger partial charge in [-0.15, -0.1) is 0 Å². The molecule has 9 nitrogen and oxygen atoms in total. The van der Waals surface area contributed by atoms with Gasteiger partial charge in [0, 0.05) is 12.5 Å². The molecule has 0 saturated carbocycles. The zero-order valence-electron chi connectivity index (χ0n) is 17.8. The number of aryl methyl sites for hydroxylation is 1. The summed E-state index contributed by atoms with van der Waals surface area (Å²) in [5.74, 6) is -1.81. The lowest BCUT2D eigenvalue weighted by atomic mass is 9.93. The fourth-order valence-electron chi connectivity index (χ4n) is 3.85. The van der Waals surface area contributed by atoms with Crippen LogP contribution in [0.25, 0.3) is 33.1 Å². The van der Waals surface area contributed by atoms with Crippen LogP contribution in [-0.4, -0.2) is 24.0 Å². The summed E-state index contributed by atoms with van der Waals surface area (Å²) in [6, 6.07) is 12.2. The van der Waals surface area contributed by atoms with Crippen molar-refractivity contribution in [1.82, 2.24) is 0 Å². The number of rotatable bonds is 4. The number of hydrogen-bond acceptors (Lipinski definition) is 8. The Balaban J connectivity index is 2.21. The largest absolute Gasteiger partial charge is 0.465 e. The van der Waals surface area contributed by atoms with Crippen LogP contribution in [0.2, 0.25) is 0 Å². The second-order valence-corrected chi connectivity index (χ2v) is 7.24. The van der Waals surface area contributed by atoms with E-state index in [4.69, 9.17) is 9.15 Å². The van der Waals surface area contributed by atoms with Gasteiger partial charge < -0.3 is 13.9 Å². The van der Waals surface area contributed by atoms with Gasteiger partial charge in [0.05, 0.1) is 23.0 Å². The Bertz CT molecular complexity index is 1530. The quantitative estimate of drug-likeness (QED) is 0.147. The number of benzene rings is 3. The van der Waals surface area contributed by atoms with Crippen molar-refractivity contribution in [2.45, 2.75) is 13.8 Å². The molecule has 0 fully saturated rings. The highest BCUT2D eigenvalue weighted by atomic mass is 16.6. The number of nitrogens with zero attached hydrogens (tertiary/aromatic N) is 1. The van der Waals surface area contributed by atoms with E-state index >= 15 is 0 Å². The van der Waals surface area contributed by atoms with E-state index in [9.17, 15) is 24.5 Å². The summed E-state index contributed by atoms with van der Waals surface area (Å²) >= 11 is 0. The van der Waals surface area contributed by atoms with Crippen molar-refractivity contribution < 1.29 is 28.4 Å². The Morgan fingerprint density at radius 2 is 1.79 bits per heavy atom. The Hall–Kier alpha value is -4.53. The van der Waals surface area contributed by atoms with Crippen LogP contribution in [0.15, 0.2) is 57.7 Å². The van der Waals surface area contributed by atoms with Crippen molar-refractivity contribution in [3.63, 3.8) is 0 Å². The monoisotopic (exact) mass is 447 g/mol. The van der Waals surface area contributed by atoms with E-state index in [-0.39, 0.29) is 38.8 Å². The van der Waals surface area contributed by atoms with Gasteiger partial charge in [0.2, 0.25) is 5.43 Å². The first-order valence-corrected chi connectivity index (χ1v) is 9.78. The SMILES string of the molecule is COC(=O)c1cccc(-c2c(C)cc3oc4ccccc4c(=O)c3c2OC(C)=O)c1[N+](=O)[O-]. The Morgan fingerprint density at radius 1 is 1.06 bits per heavy atom. The number of carbonyl (C=O) groups is 2. The number of ether oxygens (including phenoxy) is 2. The van der Waals surface area contributed by atoms with Crippen LogP contribution in [0.5, 0.6) is 5.75 Å². The molecule has 0 aliphatic rings. The van der Waals surface area contributed by atoms with E-state index in [0.717, 1.165) is 14.0 Å². The molecular formula is C24H17NO8. The van der Waals surface area contributed by atoms with Crippen LogP contribution < -0.4 is 10.2 Å². The smallest absolute Gasteiger partial charge is 0.344 e. The van der Waals surface area contributed by atoms with Gasteiger partial charge in [0.1, 0.15) is 22.1 Å². The number of methoxy groups -OCH3 is 1. The van der Waals surface area contributed by atoms with E-state index in [1.54, 1.807) is 37.3 Å². The molecule has 4 aromatic rings. The third-order valence-corrected chi connectivity index (χ3v) is 5.16. The summed E-state index contributed by atoms with van der Waals surface area (Å²) in [5.41, 5.74) is -0.232. The standard InChI is InChI=1S/C24H17NO8/c1-12-11-18-20(22(27)14-7-4-5-10-17(14)33-18)23(32-13(2)26)19(12)15-8-6-9-16(24(28)31-3)21(15)25(29)30/h4-11H,1-3H3. The molecule has 33 heavy (non-hydrogen) atoms. The highest BCUT2D eigenvalue weighted by Gasteiger charge is 2.30. The normalized spacial score (nSPS) is 10.9. The molecule has 166 valence electrons. The molecule has 0 radical (unpaired) electrons. The van der Waals surface area contributed by atoms with Crippen molar-refractivity contribution in [2.75, 3.05) is 7.11 Å². The maximum absolute atomic E-state index is 13.4. The van der Waals surface area contributed by atoms with Gasteiger partial charge in [0.25, 0.3) is 5.69 Å². The Morgan fingerprint density at radius 3 is 2.45 bits per heavy atom. The molecular weight excluding hydrogens is 430 g/mol. The number of carbonyl (C=O) groups excluding carboxylic acids is 2. The average molecular weight is 447 g/mol. The summed E-state index contributed by atoms with van der Waals surface area (Å²) < 4.78 is 16.0. The van der Waals surface area contributed by atoms with Gasteiger partial charge in [-0.25, -0.2) is 4.79 Å². The first-order valence-electron chi connectivity index (χ1n) is 9.78. The van der Waals surface area contributed by atoms with E-state index in [1.807, 2.05) is 0 Å². The number of hydrogen-bond donors (Lipinski definition) is 0. The van der Waals surface area contributed by atoms with Gasteiger partial charge in [-0.1, -0.05) is 18.2 Å². The van der Waals surface area contributed by atoms with Gasteiger partial charge in [-0.05, 0) is 42.8 Å². The molecule has 4 rings (SSSR count). The minimum absolute atomic E-state index is 0.00823. The van der Waals surface area contributed by atoms with E-state index in [1.165, 1.54) is 18.2 Å². The average Bonchev–Trinajstić information content (AvgIpc) is 2.77. The molecule has 3 aromatic carbocycles. The van der Waals surface area contributed by atoms with Crippen molar-refractivity contribution in [1.29, 1.82) is 0 Å². The van der Waals surface area contributed by atoms with Crippen LogP contribution in [0.3, 0.4) is 0 Å². The van der Waals surface area contributed by atoms with Crippen molar-refractivity contribution in [2.24, 2.45) is 0 Å². The van der Waals surface area contributed by atoms with E-state index in [2.05, 4.69) is 4.74 Å². The van der Waals surface area contributed by atoms with Crippen LogP contribution in [0.1, 0.15) is 22.8 Å². The number of nitro benzene ring substituents is 1. The van der Waals surface area contributed by atoms with Gasteiger partial charge >= 0.3 is 11.9 Å². The molecule has 0 aliphatic heterocycles. The van der Waals surface area contributed by atoms with Crippen LogP contribution in [-0.2, 0) is 9.53 Å². The summed E-state index contributed by atoms with van der Waals surface area (Å²) in [7, 11) is 1.11. The summed E-state index contributed by atoms with van der Waals surface area (Å²) in [4.78, 5) is 48.9. The molecule has 1 heterocycles. The molecule has 0 saturated heterocycles. The molecule has 0 bridgehead atoms. The first-order chi connectivity index (χ1) is 15.7. The van der Waals surface area contributed by atoms with Crippen molar-refractivity contribution >= 4 is 39.6 Å². The molecule has 0 N–H and O–H groups in total. The second-order valence-electron chi connectivity index (χ2n) is 7.24. The van der Waals surface area contributed by atoms with Gasteiger partial charge in [-0.2, -0.15) is 0 Å². The number of para-hydroxylation sites is 2. The summed E-state index contributed by atoms with van der Waals surface area (Å²) in [6.45, 7) is 2.78. The Kier molecular flexibility index (Phi) is 5.39. The maximum atomic E-state index is 13.4. The van der Waals surface area contributed by atoms with Crippen molar-refractivity contribution in [3.8, 4) is 16.9 Å². The van der Waals surface area contributed by atoms with Crippen LogP contribution in [0, 0.1) is 17.0 Å². The molecule has 1 aromatic heterocycles. The third-order valence-electron chi connectivity index (χ3n) is 5.16. The minimum atomic E-state index is -0.901.